The lowest BCUT2D eigenvalue weighted by atomic mass is 10.1. The Morgan fingerprint density at radius 1 is 1.26 bits per heavy atom. The van der Waals surface area contributed by atoms with Crippen molar-refractivity contribution in [2.45, 2.75) is 13.1 Å². The lowest BCUT2D eigenvalue weighted by molar-refractivity contribution is -0.140. The van der Waals surface area contributed by atoms with E-state index < -0.39 is 23.5 Å². The molecule has 1 heterocycles. The minimum absolute atomic E-state index is 0.0917. The van der Waals surface area contributed by atoms with Crippen LogP contribution in [0.4, 0.5) is 18.9 Å². The van der Waals surface area contributed by atoms with E-state index >= 15 is 0 Å². The zero-order chi connectivity index (χ0) is 17.0. The molecule has 0 spiro atoms. The molecule has 0 unspecified atom stereocenters. The number of halogens is 3. The van der Waals surface area contributed by atoms with Gasteiger partial charge in [-0.1, -0.05) is 18.2 Å². The van der Waals surface area contributed by atoms with Crippen LogP contribution in [0.5, 0.6) is 0 Å². The van der Waals surface area contributed by atoms with Crippen LogP contribution in [0.1, 0.15) is 17.3 Å². The maximum atomic E-state index is 12.7. The summed E-state index contributed by atoms with van der Waals surface area (Å²) in [6, 6.07) is 6.37. The summed E-state index contributed by atoms with van der Waals surface area (Å²) < 4.78 is 42.9. The van der Waals surface area contributed by atoms with Gasteiger partial charge in [-0.05, 0) is 13.0 Å². The van der Waals surface area contributed by atoms with Gasteiger partial charge in [0.2, 0.25) is 0 Å². The molecule has 8 heteroatoms. The minimum Gasteiger partial charge on any atom is -0.465 e. The third-order valence-corrected chi connectivity index (χ3v) is 2.99. The molecule has 23 heavy (non-hydrogen) atoms. The Balaban J connectivity index is 2.48. The van der Waals surface area contributed by atoms with Gasteiger partial charge < -0.3 is 10.1 Å². The first kappa shape index (κ1) is 16.7. The number of nitrogens with one attached hydrogen (secondary N) is 1. The van der Waals surface area contributed by atoms with Crippen molar-refractivity contribution < 1.29 is 27.5 Å². The lowest BCUT2D eigenvalue weighted by Gasteiger charge is -2.14. The second-order valence-corrected chi connectivity index (χ2v) is 4.55. The van der Waals surface area contributed by atoms with E-state index in [2.05, 4.69) is 10.3 Å². The summed E-state index contributed by atoms with van der Waals surface area (Å²) >= 11 is 0. The fourth-order valence-corrected chi connectivity index (χ4v) is 2.03. The van der Waals surface area contributed by atoms with E-state index in [0.717, 1.165) is 6.20 Å². The van der Waals surface area contributed by atoms with Gasteiger partial charge in [-0.3, -0.25) is 14.6 Å². The molecular formula is C15H13F3N2O3. The van der Waals surface area contributed by atoms with Crippen molar-refractivity contribution in [2.75, 3.05) is 18.5 Å². The van der Waals surface area contributed by atoms with Crippen molar-refractivity contribution >= 4 is 28.3 Å². The highest BCUT2D eigenvalue weighted by Gasteiger charge is 2.41. The van der Waals surface area contributed by atoms with Crippen molar-refractivity contribution in [1.82, 2.24) is 4.98 Å². The number of rotatable bonds is 5. The highest BCUT2D eigenvalue weighted by atomic mass is 19.4. The molecule has 5 nitrogen and oxygen atoms in total. The number of benzene rings is 1. The number of nitrogens with zero attached hydrogens (tertiary/aromatic N) is 1. The standard InChI is InChI=1S/C15H13F3N2O3/c1-2-23-12(21)8-20-13-9-5-3-4-6-11(9)19-7-10(13)14(22)15(16,17)18/h3-7H,2,8H2,1H3,(H,19,20). The molecule has 0 radical (unpaired) electrons. The number of Topliss-reactive ketones (excluding diaryl/α,β-unsaturated/α-hetero) is 1. The molecule has 0 bridgehead atoms. The highest BCUT2D eigenvalue weighted by Crippen LogP contribution is 2.30. The van der Waals surface area contributed by atoms with Crippen LogP contribution in [0.15, 0.2) is 30.5 Å². The lowest BCUT2D eigenvalue weighted by Crippen LogP contribution is -2.25. The average molecular weight is 326 g/mol. The number of anilines is 1. The Morgan fingerprint density at radius 3 is 2.61 bits per heavy atom. The number of pyridine rings is 1. The quantitative estimate of drug-likeness (QED) is 0.676. The third-order valence-electron chi connectivity index (χ3n) is 2.99. The van der Waals surface area contributed by atoms with E-state index in [1.165, 1.54) is 6.07 Å². The van der Waals surface area contributed by atoms with E-state index in [1.807, 2.05) is 0 Å². The second kappa shape index (κ2) is 6.64. The largest absolute Gasteiger partial charge is 0.465 e. The van der Waals surface area contributed by atoms with Gasteiger partial charge in [0.05, 0.1) is 23.4 Å². The van der Waals surface area contributed by atoms with Crippen molar-refractivity contribution in [2.24, 2.45) is 0 Å². The molecule has 1 N–H and O–H groups in total. The molecule has 0 aliphatic heterocycles. The van der Waals surface area contributed by atoms with Crippen molar-refractivity contribution in [3.63, 3.8) is 0 Å². The van der Waals surface area contributed by atoms with Gasteiger partial charge in [-0.15, -0.1) is 0 Å². The van der Waals surface area contributed by atoms with Crippen LogP contribution in [0.2, 0.25) is 0 Å². The summed E-state index contributed by atoms with van der Waals surface area (Å²) in [6.45, 7) is 1.39. The Morgan fingerprint density at radius 2 is 1.96 bits per heavy atom. The van der Waals surface area contributed by atoms with Gasteiger partial charge in [0.15, 0.2) is 0 Å². The molecule has 0 saturated heterocycles. The van der Waals surface area contributed by atoms with Gasteiger partial charge in [0.1, 0.15) is 6.54 Å². The summed E-state index contributed by atoms with van der Waals surface area (Å²) in [7, 11) is 0. The molecule has 2 rings (SSSR count). The number of hydrogen-bond donors (Lipinski definition) is 1. The van der Waals surface area contributed by atoms with Gasteiger partial charge >= 0.3 is 12.1 Å². The van der Waals surface area contributed by atoms with E-state index in [4.69, 9.17) is 4.74 Å². The first-order valence-electron chi connectivity index (χ1n) is 6.73. The Bertz CT molecular complexity index is 744. The first-order valence-corrected chi connectivity index (χ1v) is 6.73. The van der Waals surface area contributed by atoms with E-state index in [9.17, 15) is 22.8 Å². The normalized spacial score (nSPS) is 11.3. The van der Waals surface area contributed by atoms with Crippen molar-refractivity contribution in [3.05, 3.63) is 36.0 Å². The number of esters is 1. The summed E-state index contributed by atoms with van der Waals surface area (Å²) in [5, 5.41) is 2.87. The molecule has 0 aliphatic carbocycles. The molecule has 0 saturated carbocycles. The smallest absolute Gasteiger partial charge is 0.455 e. The fourth-order valence-electron chi connectivity index (χ4n) is 2.03. The summed E-state index contributed by atoms with van der Waals surface area (Å²) in [6.07, 6.45) is -4.18. The second-order valence-electron chi connectivity index (χ2n) is 4.55. The highest BCUT2D eigenvalue weighted by molar-refractivity contribution is 6.10. The predicted molar refractivity (Wildman–Crippen MR) is 77.3 cm³/mol. The molecule has 122 valence electrons. The molecule has 1 aromatic heterocycles. The van der Waals surface area contributed by atoms with Crippen LogP contribution in [0.3, 0.4) is 0 Å². The van der Waals surface area contributed by atoms with Crippen LogP contribution in [0, 0.1) is 0 Å². The van der Waals surface area contributed by atoms with Crippen molar-refractivity contribution in [1.29, 1.82) is 0 Å². The van der Waals surface area contributed by atoms with E-state index in [0.29, 0.717) is 10.9 Å². The summed E-state index contributed by atoms with van der Waals surface area (Å²) in [4.78, 5) is 26.9. The monoisotopic (exact) mass is 326 g/mol. The number of ketones is 1. The molecule has 2 aromatic rings. The molecule has 0 atom stereocenters. The number of para-hydroxylation sites is 1. The number of ether oxygens (including phenoxy) is 1. The first-order chi connectivity index (χ1) is 10.8. The predicted octanol–water partition coefficient (Wildman–Crippen LogP) is 2.95. The fraction of sp³-hybridized carbons (Fsp3) is 0.267. The Labute approximate surface area is 129 Å². The number of alkyl halides is 3. The van der Waals surface area contributed by atoms with Crippen LogP contribution in [0.25, 0.3) is 10.9 Å². The number of carbonyl (C=O) groups excluding carboxylic acids is 2. The van der Waals surface area contributed by atoms with Gasteiger partial charge in [-0.25, -0.2) is 0 Å². The Hall–Kier alpha value is -2.64. The topological polar surface area (TPSA) is 68.3 Å². The maximum absolute atomic E-state index is 12.7. The van der Waals surface area contributed by atoms with Crippen molar-refractivity contribution in [3.8, 4) is 0 Å². The van der Waals surface area contributed by atoms with Crippen LogP contribution >= 0.6 is 0 Å². The van der Waals surface area contributed by atoms with E-state index in [-0.39, 0.29) is 18.8 Å². The SMILES string of the molecule is CCOC(=O)CNc1c(C(=O)C(F)(F)F)cnc2ccccc12. The summed E-state index contributed by atoms with van der Waals surface area (Å²) in [5.41, 5.74) is -0.330. The zero-order valence-corrected chi connectivity index (χ0v) is 12.1. The molecule has 0 amide bonds. The van der Waals surface area contributed by atoms with Gasteiger partial charge in [-0.2, -0.15) is 13.2 Å². The molecular weight excluding hydrogens is 313 g/mol. The number of carbonyl (C=O) groups is 2. The number of hydrogen-bond acceptors (Lipinski definition) is 5. The van der Waals surface area contributed by atoms with Crippen LogP contribution in [-0.2, 0) is 9.53 Å². The van der Waals surface area contributed by atoms with E-state index in [1.54, 1.807) is 25.1 Å². The number of aromatic nitrogens is 1. The van der Waals surface area contributed by atoms with Crippen LogP contribution < -0.4 is 5.32 Å². The minimum atomic E-state index is -5.04. The third kappa shape index (κ3) is 3.77. The molecule has 0 fully saturated rings. The average Bonchev–Trinajstić information content (AvgIpc) is 2.51. The van der Waals surface area contributed by atoms with Gasteiger partial charge in [0.25, 0.3) is 5.78 Å². The Kier molecular flexibility index (Phi) is 4.83. The molecule has 0 aliphatic rings. The number of fused-ring (bicyclic) bond motifs is 1. The summed E-state index contributed by atoms with van der Waals surface area (Å²) in [5.74, 6) is -2.67. The maximum Gasteiger partial charge on any atom is 0.455 e. The molecule has 1 aromatic carbocycles. The van der Waals surface area contributed by atoms with Crippen LogP contribution in [-0.4, -0.2) is 36.1 Å². The zero-order valence-electron chi connectivity index (χ0n) is 12.1. The van der Waals surface area contributed by atoms with Gasteiger partial charge in [0, 0.05) is 11.6 Å².